The smallest absolute Gasteiger partial charge is 0.224 e. The third-order valence-corrected chi connectivity index (χ3v) is 2.90. The number of aryl methyl sites for hydroxylation is 2. The first-order chi connectivity index (χ1) is 9.01. The Labute approximate surface area is 115 Å². The van der Waals surface area contributed by atoms with Crippen LogP contribution in [-0.4, -0.2) is 10.1 Å². The Morgan fingerprint density at radius 3 is 2.47 bits per heavy atom. The molecular weight excluding hydrogens is 269 g/mol. The number of hydrogen-bond donors (Lipinski definition) is 1. The van der Waals surface area contributed by atoms with E-state index in [1.165, 1.54) is 6.07 Å². The zero-order valence-corrected chi connectivity index (χ0v) is 11.3. The number of benzene rings is 1. The lowest BCUT2D eigenvalue weighted by Crippen LogP contribution is -1.98. The number of halogens is 2. The second-order valence-corrected chi connectivity index (χ2v) is 4.68. The van der Waals surface area contributed by atoms with Crippen molar-refractivity contribution in [3.63, 3.8) is 0 Å². The van der Waals surface area contributed by atoms with Gasteiger partial charge in [0, 0.05) is 10.6 Å². The molecule has 0 spiro atoms. The molecule has 0 amide bonds. The summed E-state index contributed by atoms with van der Waals surface area (Å²) in [5, 5.41) is 9.82. The lowest BCUT2D eigenvalue weighted by molar-refractivity contribution is 0.274. The average Bonchev–Trinajstić information content (AvgIpc) is 2.35. The number of ether oxygens (including phenoxy) is 1. The first-order valence-corrected chi connectivity index (χ1v) is 6.09. The summed E-state index contributed by atoms with van der Waals surface area (Å²) in [6, 6.07) is 4.74. The summed E-state index contributed by atoms with van der Waals surface area (Å²) in [7, 11) is 0. The molecule has 2 aromatic rings. The molecule has 0 radical (unpaired) electrons. The molecule has 100 valence electrons. The highest BCUT2D eigenvalue weighted by atomic mass is 35.5. The van der Waals surface area contributed by atoms with E-state index in [1.54, 1.807) is 12.1 Å². The summed E-state index contributed by atoms with van der Waals surface area (Å²) in [6.45, 7) is 3.37. The number of rotatable bonds is 3. The summed E-state index contributed by atoms with van der Waals surface area (Å²) in [5.74, 6) is 0.289. The van der Waals surface area contributed by atoms with Gasteiger partial charge >= 0.3 is 0 Å². The molecule has 1 N–H and O–H groups in total. The molecule has 0 fully saturated rings. The molecule has 0 saturated carbocycles. The van der Waals surface area contributed by atoms with E-state index in [4.69, 9.17) is 16.3 Å². The molecule has 19 heavy (non-hydrogen) atoms. The van der Waals surface area contributed by atoms with Crippen LogP contribution in [-0.2, 0) is 6.61 Å². The van der Waals surface area contributed by atoms with Gasteiger partial charge in [0.05, 0.1) is 12.8 Å². The van der Waals surface area contributed by atoms with Crippen LogP contribution in [0.1, 0.15) is 16.7 Å². The van der Waals surface area contributed by atoms with Gasteiger partial charge in [0.25, 0.3) is 0 Å². The van der Waals surface area contributed by atoms with Crippen molar-refractivity contribution in [1.29, 1.82) is 0 Å². The highest BCUT2D eigenvalue weighted by Gasteiger charge is 2.12. The lowest BCUT2D eigenvalue weighted by atomic mass is 10.1. The molecule has 0 unspecified atom stereocenters. The average molecular weight is 282 g/mol. The summed E-state index contributed by atoms with van der Waals surface area (Å²) < 4.78 is 18.7. The maximum absolute atomic E-state index is 13.0. The van der Waals surface area contributed by atoms with E-state index in [1.807, 2.05) is 13.8 Å². The summed E-state index contributed by atoms with van der Waals surface area (Å²) in [4.78, 5) is 3.86. The predicted octanol–water partition coefficient (Wildman–Crippen LogP) is 3.78. The van der Waals surface area contributed by atoms with E-state index in [0.717, 1.165) is 17.3 Å². The highest BCUT2D eigenvalue weighted by Crippen LogP contribution is 2.32. The van der Waals surface area contributed by atoms with Crippen molar-refractivity contribution in [2.45, 2.75) is 20.5 Å². The standard InChI is InChI=1S/C14H13ClFNO2/c1-8-3-11(15)4-9(2)13(8)19-14-10(7-18)5-12(16)6-17-14/h3-6,18H,7H2,1-2H3. The third-order valence-electron chi connectivity index (χ3n) is 2.69. The van der Waals surface area contributed by atoms with Gasteiger partial charge in [0.1, 0.15) is 11.6 Å². The molecule has 5 heteroatoms. The summed E-state index contributed by atoms with van der Waals surface area (Å²) in [6.07, 6.45) is 1.05. The largest absolute Gasteiger partial charge is 0.438 e. The minimum Gasteiger partial charge on any atom is -0.438 e. The molecular formula is C14H13ClFNO2. The second-order valence-electron chi connectivity index (χ2n) is 4.25. The first-order valence-electron chi connectivity index (χ1n) is 5.71. The highest BCUT2D eigenvalue weighted by molar-refractivity contribution is 6.30. The maximum Gasteiger partial charge on any atom is 0.224 e. The molecule has 2 rings (SSSR count). The van der Waals surface area contributed by atoms with E-state index in [0.29, 0.717) is 16.3 Å². The van der Waals surface area contributed by atoms with Gasteiger partial charge in [-0.2, -0.15) is 0 Å². The molecule has 0 aliphatic heterocycles. The van der Waals surface area contributed by atoms with Gasteiger partial charge in [0.15, 0.2) is 0 Å². The molecule has 1 heterocycles. The van der Waals surface area contributed by atoms with E-state index in [9.17, 15) is 9.50 Å². The van der Waals surface area contributed by atoms with Crippen LogP contribution in [0, 0.1) is 19.7 Å². The van der Waals surface area contributed by atoms with Crippen LogP contribution in [0.4, 0.5) is 4.39 Å². The Balaban J connectivity index is 2.42. The van der Waals surface area contributed by atoms with Crippen molar-refractivity contribution in [1.82, 2.24) is 4.98 Å². The second kappa shape index (κ2) is 5.55. The molecule has 0 atom stereocenters. The number of hydrogen-bond acceptors (Lipinski definition) is 3. The fourth-order valence-corrected chi connectivity index (χ4v) is 2.16. The van der Waals surface area contributed by atoms with Gasteiger partial charge in [-0.1, -0.05) is 11.6 Å². The van der Waals surface area contributed by atoms with Crippen molar-refractivity contribution in [2.24, 2.45) is 0 Å². The van der Waals surface area contributed by atoms with E-state index in [-0.39, 0.29) is 12.5 Å². The zero-order valence-electron chi connectivity index (χ0n) is 10.6. The van der Waals surface area contributed by atoms with Gasteiger partial charge in [-0.3, -0.25) is 0 Å². The Kier molecular flexibility index (Phi) is 4.02. The van der Waals surface area contributed by atoms with Crippen LogP contribution < -0.4 is 4.74 Å². The van der Waals surface area contributed by atoms with Crippen LogP contribution in [0.3, 0.4) is 0 Å². The number of nitrogens with zero attached hydrogens (tertiary/aromatic N) is 1. The van der Waals surface area contributed by atoms with Crippen molar-refractivity contribution < 1.29 is 14.2 Å². The Morgan fingerprint density at radius 1 is 1.26 bits per heavy atom. The van der Waals surface area contributed by atoms with E-state index < -0.39 is 5.82 Å². The number of aliphatic hydroxyl groups excluding tert-OH is 1. The van der Waals surface area contributed by atoms with Gasteiger partial charge in [0.2, 0.25) is 5.88 Å². The molecule has 0 bridgehead atoms. The topological polar surface area (TPSA) is 42.4 Å². The normalized spacial score (nSPS) is 10.6. The molecule has 0 aliphatic rings. The first kappa shape index (κ1) is 13.8. The third kappa shape index (κ3) is 3.03. The molecule has 0 aliphatic carbocycles. The van der Waals surface area contributed by atoms with Crippen LogP contribution >= 0.6 is 11.6 Å². The molecule has 0 saturated heterocycles. The van der Waals surface area contributed by atoms with Crippen molar-refractivity contribution in [2.75, 3.05) is 0 Å². The van der Waals surface area contributed by atoms with E-state index >= 15 is 0 Å². The predicted molar refractivity (Wildman–Crippen MR) is 71.1 cm³/mol. The Hall–Kier alpha value is -1.65. The van der Waals surface area contributed by atoms with Crippen molar-refractivity contribution in [3.05, 3.63) is 51.9 Å². The van der Waals surface area contributed by atoms with Crippen molar-refractivity contribution in [3.8, 4) is 11.6 Å². The fourth-order valence-electron chi connectivity index (χ4n) is 1.83. The lowest BCUT2D eigenvalue weighted by Gasteiger charge is -2.13. The maximum atomic E-state index is 13.0. The zero-order chi connectivity index (χ0) is 14.0. The number of aliphatic hydroxyl groups is 1. The number of aromatic nitrogens is 1. The monoisotopic (exact) mass is 281 g/mol. The van der Waals surface area contributed by atoms with Crippen LogP contribution in [0.15, 0.2) is 24.4 Å². The molecule has 3 nitrogen and oxygen atoms in total. The fraction of sp³-hybridized carbons (Fsp3) is 0.214. The minimum atomic E-state index is -0.513. The SMILES string of the molecule is Cc1cc(Cl)cc(C)c1Oc1ncc(F)cc1CO. The van der Waals surface area contributed by atoms with Gasteiger partial charge < -0.3 is 9.84 Å². The van der Waals surface area contributed by atoms with Gasteiger partial charge in [-0.05, 0) is 43.2 Å². The van der Waals surface area contributed by atoms with Gasteiger partial charge in [-0.25, -0.2) is 9.37 Å². The van der Waals surface area contributed by atoms with Gasteiger partial charge in [-0.15, -0.1) is 0 Å². The Bertz CT molecular complexity index is 593. The summed E-state index contributed by atoms with van der Waals surface area (Å²) in [5.41, 5.74) is 1.99. The van der Waals surface area contributed by atoms with Crippen LogP contribution in [0.25, 0.3) is 0 Å². The quantitative estimate of drug-likeness (QED) is 0.931. The van der Waals surface area contributed by atoms with E-state index in [2.05, 4.69) is 4.98 Å². The molecule has 1 aromatic carbocycles. The van der Waals surface area contributed by atoms with Crippen molar-refractivity contribution >= 4 is 11.6 Å². The Morgan fingerprint density at radius 2 is 1.89 bits per heavy atom. The minimum absolute atomic E-state index is 0.192. The number of pyridine rings is 1. The summed E-state index contributed by atoms with van der Waals surface area (Å²) >= 11 is 5.94. The molecule has 1 aromatic heterocycles. The van der Waals surface area contributed by atoms with Crippen LogP contribution in [0.2, 0.25) is 5.02 Å². The van der Waals surface area contributed by atoms with Crippen LogP contribution in [0.5, 0.6) is 11.6 Å².